The van der Waals surface area contributed by atoms with E-state index in [0.29, 0.717) is 27.9 Å². The lowest BCUT2D eigenvalue weighted by Gasteiger charge is -2.26. The highest BCUT2D eigenvalue weighted by molar-refractivity contribution is 6.32. The summed E-state index contributed by atoms with van der Waals surface area (Å²) in [5.74, 6) is 0.544. The molecule has 1 amide bonds. The third-order valence-electron chi connectivity index (χ3n) is 5.36. The molecular weight excluding hydrogens is 424 g/mol. The Balaban J connectivity index is 1.41. The number of carbonyl (C=O) groups is 1. The largest absolute Gasteiger partial charge is 0.457 e. The van der Waals surface area contributed by atoms with Gasteiger partial charge in [0.2, 0.25) is 0 Å². The maximum Gasteiger partial charge on any atom is 0.252 e. The zero-order chi connectivity index (χ0) is 22.1. The molecule has 7 heteroatoms. The van der Waals surface area contributed by atoms with Crippen LogP contribution in [0, 0.1) is 6.92 Å². The van der Waals surface area contributed by atoms with Gasteiger partial charge in [0.1, 0.15) is 16.7 Å². The number of benzene rings is 3. The summed E-state index contributed by atoms with van der Waals surface area (Å²) in [7, 11) is 0. The monoisotopic (exact) mass is 442 g/mol. The lowest BCUT2D eigenvalue weighted by atomic mass is 9.87. The summed E-state index contributed by atoms with van der Waals surface area (Å²) in [6.07, 6.45) is 1.53. The Labute approximate surface area is 190 Å². The summed E-state index contributed by atoms with van der Waals surface area (Å²) in [6, 6.07) is 24.6. The van der Waals surface area contributed by atoms with Crippen LogP contribution in [0.1, 0.15) is 28.3 Å². The first-order valence-electron chi connectivity index (χ1n) is 10.1. The molecule has 158 valence electrons. The number of hydrazone groups is 1. The number of rotatable bonds is 4. The van der Waals surface area contributed by atoms with E-state index in [9.17, 15) is 4.79 Å². The Bertz CT molecular complexity index is 1290. The summed E-state index contributed by atoms with van der Waals surface area (Å²) in [6.45, 7) is 1.85. The second kappa shape index (κ2) is 8.32. The number of amides is 1. The zero-order valence-electron chi connectivity index (χ0n) is 17.2. The van der Waals surface area contributed by atoms with Gasteiger partial charge in [0.15, 0.2) is 0 Å². The van der Waals surface area contributed by atoms with Crippen molar-refractivity contribution in [3.8, 4) is 17.2 Å². The number of aromatic nitrogens is 2. The maximum atomic E-state index is 13.2. The molecule has 1 aliphatic heterocycles. The van der Waals surface area contributed by atoms with Gasteiger partial charge in [-0.2, -0.15) is 10.2 Å². The molecule has 0 fully saturated rings. The fourth-order valence-electron chi connectivity index (χ4n) is 3.82. The molecule has 1 aromatic heterocycles. The summed E-state index contributed by atoms with van der Waals surface area (Å²) < 4.78 is 7.60. The van der Waals surface area contributed by atoms with Gasteiger partial charge >= 0.3 is 0 Å². The van der Waals surface area contributed by atoms with Gasteiger partial charge in [-0.15, -0.1) is 0 Å². The predicted molar refractivity (Wildman–Crippen MR) is 124 cm³/mol. The molecule has 0 bridgehead atoms. The van der Waals surface area contributed by atoms with E-state index >= 15 is 0 Å². The average Bonchev–Trinajstić information content (AvgIpc) is 3.11. The molecule has 0 saturated heterocycles. The van der Waals surface area contributed by atoms with Crippen LogP contribution in [0.2, 0.25) is 5.15 Å². The van der Waals surface area contributed by atoms with E-state index in [2.05, 4.69) is 15.6 Å². The minimum Gasteiger partial charge on any atom is -0.457 e. The van der Waals surface area contributed by atoms with Gasteiger partial charge in [-0.05, 0) is 31.2 Å². The van der Waals surface area contributed by atoms with Gasteiger partial charge < -0.3 is 4.74 Å². The van der Waals surface area contributed by atoms with Crippen molar-refractivity contribution in [2.45, 2.75) is 12.8 Å². The highest BCUT2D eigenvalue weighted by atomic mass is 35.5. The molecule has 6 nitrogen and oxygen atoms in total. The van der Waals surface area contributed by atoms with Crippen molar-refractivity contribution in [2.75, 3.05) is 0 Å². The number of ether oxygens (including phenoxy) is 1. The molecule has 0 spiro atoms. The van der Waals surface area contributed by atoms with E-state index in [1.807, 2.05) is 85.8 Å². The molecule has 3 aromatic carbocycles. The normalized spacial score (nSPS) is 12.8. The number of fused-ring (bicyclic) bond motifs is 2. The molecule has 0 unspecified atom stereocenters. The van der Waals surface area contributed by atoms with Crippen LogP contribution in [0.4, 0.5) is 0 Å². The average molecular weight is 443 g/mol. The van der Waals surface area contributed by atoms with Gasteiger partial charge in [0.05, 0.1) is 29.1 Å². The quantitative estimate of drug-likeness (QED) is 0.348. The highest BCUT2D eigenvalue weighted by Gasteiger charge is 2.32. The van der Waals surface area contributed by atoms with Crippen LogP contribution >= 0.6 is 11.6 Å². The third-order valence-corrected chi connectivity index (χ3v) is 5.72. The van der Waals surface area contributed by atoms with Crippen molar-refractivity contribution >= 4 is 23.7 Å². The number of aryl methyl sites for hydroxylation is 1. The van der Waals surface area contributed by atoms with Crippen LogP contribution in [-0.2, 0) is 4.79 Å². The lowest BCUT2D eigenvalue weighted by Crippen LogP contribution is -2.28. The molecule has 0 atom stereocenters. The lowest BCUT2D eigenvalue weighted by molar-refractivity contribution is -0.121. The Hall–Kier alpha value is -3.90. The fourth-order valence-corrected chi connectivity index (χ4v) is 4.14. The van der Waals surface area contributed by atoms with E-state index in [-0.39, 0.29) is 5.91 Å². The minimum absolute atomic E-state index is 0.256. The van der Waals surface area contributed by atoms with Gasteiger partial charge in [-0.3, -0.25) is 4.79 Å². The smallest absolute Gasteiger partial charge is 0.252 e. The van der Waals surface area contributed by atoms with Crippen molar-refractivity contribution in [2.24, 2.45) is 5.10 Å². The fraction of sp³-hybridized carbons (Fsp3) is 0.0800. The Morgan fingerprint density at radius 1 is 1.00 bits per heavy atom. The molecule has 0 radical (unpaired) electrons. The molecule has 0 saturated carbocycles. The van der Waals surface area contributed by atoms with Crippen molar-refractivity contribution in [3.05, 3.63) is 106 Å². The first-order chi connectivity index (χ1) is 15.6. The van der Waals surface area contributed by atoms with Crippen LogP contribution in [0.5, 0.6) is 11.5 Å². The topological polar surface area (TPSA) is 68.5 Å². The number of halogens is 1. The van der Waals surface area contributed by atoms with Crippen LogP contribution in [0.3, 0.4) is 0 Å². The van der Waals surface area contributed by atoms with Gasteiger partial charge in [-0.25, -0.2) is 10.1 Å². The maximum absolute atomic E-state index is 13.2. The van der Waals surface area contributed by atoms with Crippen molar-refractivity contribution < 1.29 is 9.53 Å². The number of nitrogens with zero attached hydrogens (tertiary/aromatic N) is 3. The summed E-state index contributed by atoms with van der Waals surface area (Å²) in [5, 5.41) is 9.10. The molecule has 5 rings (SSSR count). The SMILES string of the molecule is Cc1nn(-c2ccccc2)c(Cl)c1/C=N/NC(=O)C1c2ccccc2Oc2ccccc21. The molecule has 1 aliphatic rings. The second-order valence-electron chi connectivity index (χ2n) is 7.38. The number of carbonyl (C=O) groups excluding carboxylic acids is 1. The molecular formula is C25H19ClN4O2. The van der Waals surface area contributed by atoms with Gasteiger partial charge in [0.25, 0.3) is 5.91 Å². The van der Waals surface area contributed by atoms with Gasteiger partial charge in [-0.1, -0.05) is 66.2 Å². The number of para-hydroxylation sites is 3. The molecule has 32 heavy (non-hydrogen) atoms. The summed E-state index contributed by atoms with van der Waals surface area (Å²) in [4.78, 5) is 13.2. The first kappa shape index (κ1) is 20.0. The molecule has 1 N–H and O–H groups in total. The number of nitrogens with one attached hydrogen (secondary N) is 1. The van der Waals surface area contributed by atoms with Gasteiger partial charge in [0, 0.05) is 11.1 Å². The minimum atomic E-state index is -0.531. The summed E-state index contributed by atoms with van der Waals surface area (Å²) >= 11 is 6.54. The Morgan fingerprint density at radius 2 is 1.59 bits per heavy atom. The Morgan fingerprint density at radius 3 is 2.25 bits per heavy atom. The van der Waals surface area contributed by atoms with Crippen LogP contribution in [0.15, 0.2) is 84.0 Å². The zero-order valence-corrected chi connectivity index (χ0v) is 18.0. The van der Waals surface area contributed by atoms with Crippen molar-refractivity contribution in [3.63, 3.8) is 0 Å². The second-order valence-corrected chi connectivity index (χ2v) is 7.74. The standard InChI is InChI=1S/C25H19ClN4O2/c1-16-20(24(26)30(29-16)17-9-3-2-4-10-17)15-27-28-25(31)23-18-11-5-7-13-21(18)32-22-14-8-6-12-19(22)23/h2-15,23H,1H3,(H,28,31)/b27-15+. The predicted octanol–water partition coefficient (Wildman–Crippen LogP) is 5.22. The van der Waals surface area contributed by atoms with Crippen molar-refractivity contribution in [1.29, 1.82) is 0 Å². The van der Waals surface area contributed by atoms with Crippen molar-refractivity contribution in [1.82, 2.24) is 15.2 Å². The summed E-state index contributed by atoms with van der Waals surface area (Å²) in [5.41, 5.74) is 6.45. The number of hydrogen-bond donors (Lipinski definition) is 1. The van der Waals surface area contributed by atoms with Crippen LogP contribution < -0.4 is 10.2 Å². The third kappa shape index (κ3) is 3.55. The molecule has 4 aromatic rings. The van der Waals surface area contributed by atoms with E-state index in [0.717, 1.165) is 16.8 Å². The van der Waals surface area contributed by atoms with Crippen LogP contribution in [-0.4, -0.2) is 21.9 Å². The molecule has 0 aliphatic carbocycles. The highest BCUT2D eigenvalue weighted by Crippen LogP contribution is 2.43. The Kier molecular flexibility index (Phi) is 5.21. The first-order valence-corrected chi connectivity index (χ1v) is 10.5. The van der Waals surface area contributed by atoms with E-state index < -0.39 is 5.92 Å². The van der Waals surface area contributed by atoms with E-state index in [1.165, 1.54) is 6.21 Å². The molecule has 2 heterocycles. The van der Waals surface area contributed by atoms with Crippen LogP contribution in [0.25, 0.3) is 5.69 Å². The van der Waals surface area contributed by atoms with E-state index in [1.54, 1.807) is 4.68 Å². The number of hydrogen-bond acceptors (Lipinski definition) is 4. The van der Waals surface area contributed by atoms with E-state index in [4.69, 9.17) is 16.3 Å².